The van der Waals surface area contributed by atoms with Crippen molar-refractivity contribution in [3.05, 3.63) is 91.5 Å². The fraction of sp³-hybridized carbons (Fsp3) is 0.286. The molecule has 184 valence electrons. The number of methoxy groups -OCH3 is 1. The average Bonchev–Trinajstić information content (AvgIpc) is 3.17. The third kappa shape index (κ3) is 3.94. The van der Waals surface area contributed by atoms with Crippen molar-refractivity contribution in [1.29, 1.82) is 0 Å². The third-order valence-electron chi connectivity index (χ3n) is 7.33. The van der Waals surface area contributed by atoms with E-state index in [-0.39, 0.29) is 28.8 Å². The Morgan fingerprint density at radius 3 is 2.83 bits per heavy atom. The van der Waals surface area contributed by atoms with Crippen molar-refractivity contribution >= 4 is 27.8 Å². The van der Waals surface area contributed by atoms with E-state index in [2.05, 4.69) is 20.8 Å². The zero-order chi connectivity index (χ0) is 25.0. The Kier molecular flexibility index (Phi) is 5.73. The number of halogens is 1. The van der Waals surface area contributed by atoms with Crippen LogP contribution >= 0.6 is 15.9 Å². The number of ketones is 1. The summed E-state index contributed by atoms with van der Waals surface area (Å²) in [5, 5.41) is 10.8. The van der Waals surface area contributed by atoms with E-state index in [1.54, 1.807) is 31.4 Å². The molecule has 1 fully saturated rings. The molecule has 2 bridgehead atoms. The molecule has 0 aliphatic carbocycles. The van der Waals surface area contributed by atoms with Crippen LogP contribution in [0.4, 0.5) is 0 Å². The van der Waals surface area contributed by atoms with Gasteiger partial charge in [-0.15, -0.1) is 0 Å². The van der Waals surface area contributed by atoms with Crippen molar-refractivity contribution in [2.24, 2.45) is 5.92 Å². The topological polar surface area (TPSA) is 81.0 Å². The van der Waals surface area contributed by atoms with Crippen molar-refractivity contribution in [1.82, 2.24) is 9.47 Å². The number of likely N-dealkylation sites (tertiary alicyclic amines) is 1. The van der Waals surface area contributed by atoms with E-state index < -0.39 is 0 Å². The molecule has 3 aliphatic rings. The van der Waals surface area contributed by atoms with Gasteiger partial charge in [0.05, 0.1) is 18.2 Å². The first-order valence-corrected chi connectivity index (χ1v) is 12.8. The number of phenols is 1. The predicted molar refractivity (Wildman–Crippen MR) is 139 cm³/mol. The molecule has 7 nitrogen and oxygen atoms in total. The highest BCUT2D eigenvalue weighted by Gasteiger charge is 2.37. The molecule has 0 radical (unpaired) electrons. The Morgan fingerprint density at radius 2 is 2.00 bits per heavy atom. The number of fused-ring (bicyclic) bond motifs is 5. The molecule has 0 saturated carbocycles. The summed E-state index contributed by atoms with van der Waals surface area (Å²) >= 11 is 3.46. The number of ether oxygens (including phenoxy) is 2. The van der Waals surface area contributed by atoms with Crippen LogP contribution in [-0.2, 0) is 13.1 Å². The van der Waals surface area contributed by atoms with Gasteiger partial charge >= 0.3 is 0 Å². The van der Waals surface area contributed by atoms with Gasteiger partial charge < -0.3 is 19.1 Å². The molecule has 0 amide bonds. The van der Waals surface area contributed by atoms with Crippen LogP contribution in [0.2, 0.25) is 0 Å². The molecule has 2 atom stereocenters. The second-order valence-corrected chi connectivity index (χ2v) is 10.6. The molecule has 0 spiro atoms. The van der Waals surface area contributed by atoms with Crippen LogP contribution in [0.15, 0.2) is 63.6 Å². The van der Waals surface area contributed by atoms with Crippen LogP contribution < -0.4 is 15.0 Å². The average molecular weight is 549 g/mol. The van der Waals surface area contributed by atoms with Gasteiger partial charge in [-0.2, -0.15) is 0 Å². The fourth-order valence-electron chi connectivity index (χ4n) is 5.76. The van der Waals surface area contributed by atoms with Gasteiger partial charge in [-0.3, -0.25) is 14.5 Å². The first-order valence-electron chi connectivity index (χ1n) is 12.0. The van der Waals surface area contributed by atoms with Crippen molar-refractivity contribution in [2.75, 3.05) is 20.2 Å². The van der Waals surface area contributed by atoms with E-state index in [0.717, 1.165) is 29.7 Å². The maximum absolute atomic E-state index is 13.2. The van der Waals surface area contributed by atoms with Crippen LogP contribution in [0, 0.1) is 5.92 Å². The van der Waals surface area contributed by atoms with Gasteiger partial charge in [0.2, 0.25) is 5.78 Å². The largest absolute Gasteiger partial charge is 0.507 e. The molecule has 2 aromatic carbocycles. The van der Waals surface area contributed by atoms with E-state index >= 15 is 0 Å². The number of carbonyl (C=O) groups excluding carboxylic acids is 1. The van der Waals surface area contributed by atoms with Crippen molar-refractivity contribution in [2.45, 2.75) is 25.4 Å². The Morgan fingerprint density at radius 1 is 1.14 bits per heavy atom. The van der Waals surface area contributed by atoms with Crippen LogP contribution in [0.5, 0.6) is 17.2 Å². The fourth-order valence-corrected chi connectivity index (χ4v) is 6.14. The van der Waals surface area contributed by atoms with Gasteiger partial charge in [-0.1, -0.05) is 22.0 Å². The number of hydrogen-bond acceptors (Lipinski definition) is 6. The lowest BCUT2D eigenvalue weighted by atomic mass is 9.83. The van der Waals surface area contributed by atoms with Crippen molar-refractivity contribution in [3.63, 3.8) is 0 Å². The number of carbonyl (C=O) groups is 1. The van der Waals surface area contributed by atoms with Crippen LogP contribution in [0.3, 0.4) is 0 Å². The minimum absolute atomic E-state index is 0.0579. The van der Waals surface area contributed by atoms with Crippen molar-refractivity contribution < 1.29 is 19.4 Å². The lowest BCUT2D eigenvalue weighted by molar-refractivity contribution is 0.101. The SMILES string of the molecule is COc1ccc(Br)cc1/C=C1\Oc2c(ccc(O)c2CN2C[C@H]3C[C@@H](C2)c2cccc(=O)n2C3)C1=O. The third-order valence-corrected chi connectivity index (χ3v) is 7.82. The number of allylic oxidation sites excluding steroid dienone is 1. The number of phenolic OH excluding ortho intramolecular Hbond substituents is 1. The maximum atomic E-state index is 13.2. The molecule has 36 heavy (non-hydrogen) atoms. The standard InChI is InChI=1S/C28H25BrN2O5/c1-35-24-8-5-19(29)10-17(24)11-25-27(34)20-6-7-23(32)21(28(20)36-25)15-30-12-16-9-18(14-30)22-3-2-4-26(33)31(22)13-16/h2-8,10-11,16,18,32H,9,12-15H2,1H3/b25-11-/t16-,18+/m1/s1. The zero-order valence-electron chi connectivity index (χ0n) is 19.7. The smallest absolute Gasteiger partial charge is 0.250 e. The van der Waals surface area contributed by atoms with E-state index in [9.17, 15) is 14.7 Å². The summed E-state index contributed by atoms with van der Waals surface area (Å²) in [7, 11) is 1.58. The summed E-state index contributed by atoms with van der Waals surface area (Å²) in [6.45, 7) is 2.75. The van der Waals surface area contributed by atoms with Gasteiger partial charge in [0.15, 0.2) is 5.76 Å². The number of rotatable bonds is 4. The highest BCUT2D eigenvalue weighted by atomic mass is 79.9. The van der Waals surface area contributed by atoms with Crippen LogP contribution in [0.25, 0.3) is 6.08 Å². The number of hydrogen-bond donors (Lipinski definition) is 1. The zero-order valence-corrected chi connectivity index (χ0v) is 21.3. The summed E-state index contributed by atoms with van der Waals surface area (Å²) in [5.41, 5.74) is 2.90. The molecule has 1 N–H and O–H groups in total. The summed E-state index contributed by atoms with van der Waals surface area (Å²) in [5.74, 6) is 1.72. The van der Waals surface area contributed by atoms with E-state index in [4.69, 9.17) is 9.47 Å². The number of Topliss-reactive ketones (excluding diaryl/α,β-unsaturated/α-hetero) is 1. The number of pyridine rings is 1. The number of benzene rings is 2. The minimum Gasteiger partial charge on any atom is -0.507 e. The van der Waals surface area contributed by atoms with Gasteiger partial charge in [0, 0.05) is 53.9 Å². The summed E-state index contributed by atoms with van der Waals surface area (Å²) in [6.07, 6.45) is 2.72. The lowest BCUT2D eigenvalue weighted by Crippen LogP contribution is -2.46. The second kappa shape index (κ2) is 8.94. The molecule has 3 aliphatic heterocycles. The van der Waals surface area contributed by atoms with Crippen LogP contribution in [0.1, 0.15) is 39.5 Å². The maximum Gasteiger partial charge on any atom is 0.250 e. The van der Waals surface area contributed by atoms with Gasteiger partial charge in [0.1, 0.15) is 17.2 Å². The molecule has 4 heterocycles. The summed E-state index contributed by atoms with van der Waals surface area (Å²) < 4.78 is 14.3. The van der Waals surface area contributed by atoms with E-state index in [0.29, 0.717) is 47.2 Å². The highest BCUT2D eigenvalue weighted by molar-refractivity contribution is 9.10. The monoisotopic (exact) mass is 548 g/mol. The first kappa shape index (κ1) is 23.1. The molecule has 3 aromatic rings. The molecule has 8 heteroatoms. The molecular formula is C28H25BrN2O5. The normalized spacial score (nSPS) is 21.7. The minimum atomic E-state index is -0.225. The Balaban J connectivity index is 1.30. The Bertz CT molecular complexity index is 1480. The second-order valence-electron chi connectivity index (χ2n) is 9.66. The summed E-state index contributed by atoms with van der Waals surface area (Å²) in [4.78, 5) is 27.8. The number of nitrogens with zero attached hydrogens (tertiary/aromatic N) is 2. The first-order chi connectivity index (χ1) is 17.4. The Hall–Kier alpha value is -3.36. The number of aromatic nitrogens is 1. The predicted octanol–water partition coefficient (Wildman–Crippen LogP) is 4.56. The molecule has 6 rings (SSSR count). The lowest BCUT2D eigenvalue weighted by Gasteiger charge is -2.42. The quantitative estimate of drug-likeness (QED) is 0.481. The van der Waals surface area contributed by atoms with Gasteiger partial charge in [-0.05, 0) is 54.8 Å². The number of aromatic hydroxyl groups is 1. The number of piperidine rings is 1. The summed E-state index contributed by atoms with van der Waals surface area (Å²) in [6, 6.07) is 14.2. The van der Waals surface area contributed by atoms with Crippen molar-refractivity contribution in [3.8, 4) is 17.2 Å². The molecule has 1 aromatic heterocycles. The van der Waals surface area contributed by atoms with E-state index in [1.807, 2.05) is 34.9 Å². The van der Waals surface area contributed by atoms with Gasteiger partial charge in [0.25, 0.3) is 5.56 Å². The molecular weight excluding hydrogens is 524 g/mol. The van der Waals surface area contributed by atoms with Gasteiger partial charge in [-0.25, -0.2) is 0 Å². The Labute approximate surface area is 216 Å². The highest BCUT2D eigenvalue weighted by Crippen LogP contribution is 2.42. The molecule has 0 unspecified atom stereocenters. The van der Waals surface area contributed by atoms with Crippen LogP contribution in [-0.4, -0.2) is 40.6 Å². The molecule has 1 saturated heterocycles. The van der Waals surface area contributed by atoms with E-state index in [1.165, 1.54) is 0 Å².